The van der Waals surface area contributed by atoms with Gasteiger partial charge in [0.2, 0.25) is 0 Å². The van der Waals surface area contributed by atoms with Crippen LogP contribution >= 0.6 is 11.3 Å². The molecule has 96 valence electrons. The molecule has 0 fully saturated rings. The van der Waals surface area contributed by atoms with E-state index in [2.05, 4.69) is 55.6 Å². The van der Waals surface area contributed by atoms with Crippen molar-refractivity contribution in [1.29, 1.82) is 0 Å². The minimum atomic E-state index is 0.321. The van der Waals surface area contributed by atoms with Gasteiger partial charge in [0.15, 0.2) is 0 Å². The summed E-state index contributed by atoms with van der Waals surface area (Å²) in [5, 5.41) is 3.42. The Morgan fingerprint density at radius 3 is 2.22 bits per heavy atom. The average molecular weight is 259 g/mol. The molecule has 0 spiro atoms. The van der Waals surface area contributed by atoms with Gasteiger partial charge < -0.3 is 5.32 Å². The van der Waals surface area contributed by atoms with Crippen molar-refractivity contribution in [1.82, 2.24) is 5.32 Å². The number of rotatable bonds is 5. The first kappa shape index (κ1) is 13.3. The average Bonchev–Trinajstić information content (AvgIpc) is 2.89. The molecule has 0 amide bonds. The highest BCUT2D eigenvalue weighted by Crippen LogP contribution is 2.28. The zero-order valence-electron chi connectivity index (χ0n) is 11.4. The maximum Gasteiger partial charge on any atom is 0.0668 e. The summed E-state index contributed by atoms with van der Waals surface area (Å²) in [6, 6.07) is 13.8. The van der Waals surface area contributed by atoms with Gasteiger partial charge in [0.05, 0.1) is 6.04 Å². The molecule has 0 aliphatic carbocycles. The summed E-state index contributed by atoms with van der Waals surface area (Å²) < 4.78 is 0. The standard InChI is InChI=1S/C16H21NS/c1-4-12-6-8-13(9-7-12)16(17-3)15-11-10-14(5-2)18-15/h6-11,16-17H,4-5H2,1-3H3. The number of hydrogen-bond acceptors (Lipinski definition) is 2. The maximum absolute atomic E-state index is 3.42. The summed E-state index contributed by atoms with van der Waals surface area (Å²) in [7, 11) is 2.03. The van der Waals surface area contributed by atoms with E-state index in [1.165, 1.54) is 20.9 Å². The molecule has 18 heavy (non-hydrogen) atoms. The highest BCUT2D eigenvalue weighted by molar-refractivity contribution is 7.12. The number of thiophene rings is 1. The van der Waals surface area contributed by atoms with Crippen LogP contribution in [-0.2, 0) is 12.8 Å². The van der Waals surface area contributed by atoms with E-state index < -0.39 is 0 Å². The lowest BCUT2D eigenvalue weighted by molar-refractivity contribution is 0.703. The van der Waals surface area contributed by atoms with Crippen molar-refractivity contribution >= 4 is 11.3 Å². The van der Waals surface area contributed by atoms with Gasteiger partial charge in [-0.3, -0.25) is 0 Å². The van der Waals surface area contributed by atoms with Gasteiger partial charge >= 0.3 is 0 Å². The van der Waals surface area contributed by atoms with Crippen molar-refractivity contribution in [2.75, 3.05) is 7.05 Å². The first-order valence-corrected chi connectivity index (χ1v) is 7.44. The van der Waals surface area contributed by atoms with Crippen molar-refractivity contribution in [3.8, 4) is 0 Å². The Balaban J connectivity index is 2.26. The fraction of sp³-hybridized carbons (Fsp3) is 0.375. The molecule has 0 aliphatic rings. The van der Waals surface area contributed by atoms with Crippen LogP contribution in [0.15, 0.2) is 36.4 Å². The maximum atomic E-state index is 3.42. The lowest BCUT2D eigenvalue weighted by Crippen LogP contribution is -2.16. The quantitative estimate of drug-likeness (QED) is 0.849. The Bertz CT molecular complexity index is 484. The van der Waals surface area contributed by atoms with Gasteiger partial charge in [-0.05, 0) is 43.1 Å². The highest BCUT2D eigenvalue weighted by atomic mass is 32.1. The van der Waals surface area contributed by atoms with Crippen LogP contribution in [0.1, 0.15) is 40.8 Å². The second-order valence-corrected chi connectivity index (χ2v) is 5.67. The topological polar surface area (TPSA) is 12.0 Å². The van der Waals surface area contributed by atoms with Gasteiger partial charge in [-0.1, -0.05) is 38.1 Å². The van der Waals surface area contributed by atoms with E-state index in [0.717, 1.165) is 12.8 Å². The molecule has 1 aromatic carbocycles. The Kier molecular flexibility index (Phi) is 4.56. The Hall–Kier alpha value is -1.12. The summed E-state index contributed by atoms with van der Waals surface area (Å²) in [5.74, 6) is 0. The molecule has 2 aromatic rings. The minimum absolute atomic E-state index is 0.321. The van der Waals surface area contributed by atoms with Crippen molar-refractivity contribution in [3.05, 3.63) is 57.3 Å². The highest BCUT2D eigenvalue weighted by Gasteiger charge is 2.13. The second-order valence-electron chi connectivity index (χ2n) is 4.47. The summed E-state index contributed by atoms with van der Waals surface area (Å²) in [5.41, 5.74) is 2.74. The molecular weight excluding hydrogens is 238 g/mol. The van der Waals surface area contributed by atoms with Crippen LogP contribution in [0.4, 0.5) is 0 Å². The fourth-order valence-electron chi connectivity index (χ4n) is 2.16. The van der Waals surface area contributed by atoms with Gasteiger partial charge in [-0.15, -0.1) is 11.3 Å². The predicted octanol–water partition coefficient (Wildman–Crippen LogP) is 4.18. The predicted molar refractivity (Wildman–Crippen MR) is 80.4 cm³/mol. The zero-order valence-corrected chi connectivity index (χ0v) is 12.2. The summed E-state index contributed by atoms with van der Waals surface area (Å²) in [6.45, 7) is 4.40. The van der Waals surface area contributed by atoms with E-state index >= 15 is 0 Å². The van der Waals surface area contributed by atoms with Gasteiger partial charge in [0.1, 0.15) is 0 Å². The first-order valence-electron chi connectivity index (χ1n) is 6.63. The number of hydrogen-bond donors (Lipinski definition) is 1. The van der Waals surface area contributed by atoms with Crippen LogP contribution in [-0.4, -0.2) is 7.05 Å². The molecule has 0 aliphatic heterocycles. The van der Waals surface area contributed by atoms with Crippen LogP contribution in [0.2, 0.25) is 0 Å². The van der Waals surface area contributed by atoms with E-state index in [4.69, 9.17) is 0 Å². The van der Waals surface area contributed by atoms with Gasteiger partial charge in [-0.25, -0.2) is 0 Å². The smallest absolute Gasteiger partial charge is 0.0668 e. The molecule has 2 rings (SSSR count). The minimum Gasteiger partial charge on any atom is -0.309 e. The summed E-state index contributed by atoms with van der Waals surface area (Å²) in [4.78, 5) is 2.86. The van der Waals surface area contributed by atoms with Crippen LogP contribution in [0.3, 0.4) is 0 Å². The van der Waals surface area contributed by atoms with Crippen LogP contribution in [0.5, 0.6) is 0 Å². The molecule has 0 radical (unpaired) electrons. The van der Waals surface area contributed by atoms with E-state index in [1.807, 2.05) is 18.4 Å². The Morgan fingerprint density at radius 2 is 1.72 bits per heavy atom. The van der Waals surface area contributed by atoms with Crippen molar-refractivity contribution in [2.24, 2.45) is 0 Å². The van der Waals surface area contributed by atoms with Gasteiger partial charge in [-0.2, -0.15) is 0 Å². The van der Waals surface area contributed by atoms with E-state index in [-0.39, 0.29) is 0 Å². The van der Waals surface area contributed by atoms with Gasteiger partial charge in [0.25, 0.3) is 0 Å². The third-order valence-corrected chi connectivity index (χ3v) is 4.62. The largest absolute Gasteiger partial charge is 0.309 e. The number of nitrogens with one attached hydrogen (secondary N) is 1. The SMILES string of the molecule is CCc1ccc(C(NC)c2ccc(CC)s2)cc1. The summed E-state index contributed by atoms with van der Waals surface area (Å²) >= 11 is 1.91. The van der Waals surface area contributed by atoms with Crippen LogP contribution in [0, 0.1) is 0 Å². The Morgan fingerprint density at radius 1 is 1.00 bits per heavy atom. The number of aryl methyl sites for hydroxylation is 2. The van der Waals surface area contributed by atoms with E-state index in [1.54, 1.807) is 0 Å². The second kappa shape index (κ2) is 6.17. The first-order chi connectivity index (χ1) is 8.78. The Labute approximate surface area is 114 Å². The normalized spacial score (nSPS) is 12.6. The van der Waals surface area contributed by atoms with Crippen molar-refractivity contribution < 1.29 is 0 Å². The molecule has 1 atom stereocenters. The molecule has 0 bridgehead atoms. The van der Waals surface area contributed by atoms with Crippen LogP contribution in [0.25, 0.3) is 0 Å². The van der Waals surface area contributed by atoms with Gasteiger partial charge in [0, 0.05) is 9.75 Å². The van der Waals surface area contributed by atoms with Crippen molar-refractivity contribution in [3.63, 3.8) is 0 Å². The lowest BCUT2D eigenvalue weighted by atomic mass is 10.0. The lowest BCUT2D eigenvalue weighted by Gasteiger charge is -2.15. The fourth-order valence-corrected chi connectivity index (χ4v) is 3.25. The van der Waals surface area contributed by atoms with Crippen LogP contribution < -0.4 is 5.32 Å². The molecule has 0 saturated heterocycles. The third-order valence-electron chi connectivity index (χ3n) is 3.33. The molecular formula is C16H21NS. The molecule has 1 N–H and O–H groups in total. The molecule has 1 heterocycles. The molecule has 2 heteroatoms. The number of benzene rings is 1. The molecule has 1 unspecified atom stereocenters. The van der Waals surface area contributed by atoms with E-state index in [9.17, 15) is 0 Å². The third kappa shape index (κ3) is 2.82. The monoisotopic (exact) mass is 259 g/mol. The summed E-state index contributed by atoms with van der Waals surface area (Å²) in [6.07, 6.45) is 2.22. The molecule has 0 saturated carbocycles. The molecule has 1 aromatic heterocycles. The zero-order chi connectivity index (χ0) is 13.0. The van der Waals surface area contributed by atoms with Crippen molar-refractivity contribution in [2.45, 2.75) is 32.7 Å². The van der Waals surface area contributed by atoms with E-state index in [0.29, 0.717) is 6.04 Å². The molecule has 1 nitrogen and oxygen atoms in total.